The molecule has 0 aliphatic carbocycles. The molecule has 1 unspecified atom stereocenters. The predicted octanol–water partition coefficient (Wildman–Crippen LogP) is 1.65. The summed E-state index contributed by atoms with van der Waals surface area (Å²) in [4.78, 5) is 28.4. The van der Waals surface area contributed by atoms with Gasteiger partial charge in [0.25, 0.3) is 5.91 Å². The van der Waals surface area contributed by atoms with Crippen LogP contribution in [-0.4, -0.2) is 54.9 Å². The van der Waals surface area contributed by atoms with Gasteiger partial charge >= 0.3 is 6.09 Å². The van der Waals surface area contributed by atoms with Gasteiger partial charge in [0, 0.05) is 18.8 Å². The molecule has 0 aliphatic rings. The summed E-state index contributed by atoms with van der Waals surface area (Å²) in [7, 11) is 4.27. The molecule has 0 aromatic heterocycles. The van der Waals surface area contributed by atoms with Gasteiger partial charge in [0.15, 0.2) is 0 Å². The maximum Gasteiger partial charge on any atom is 0.406 e. The Morgan fingerprint density at radius 3 is 2.42 bits per heavy atom. The summed E-state index contributed by atoms with van der Waals surface area (Å²) in [6, 6.07) is 0. The first-order valence-electron chi connectivity index (χ1n) is 6.12. The molecule has 0 saturated carbocycles. The molecule has 0 fully saturated rings. The van der Waals surface area contributed by atoms with Crippen molar-refractivity contribution < 1.29 is 19.2 Å². The van der Waals surface area contributed by atoms with Gasteiger partial charge in [-0.15, -0.1) is 11.8 Å². The van der Waals surface area contributed by atoms with Gasteiger partial charge in [-0.05, 0) is 13.3 Å². The van der Waals surface area contributed by atoms with Crippen molar-refractivity contribution >= 4 is 23.8 Å². The van der Waals surface area contributed by atoms with Gasteiger partial charge in [-0.3, -0.25) is 9.63 Å². The van der Waals surface area contributed by atoms with Crippen LogP contribution in [0.15, 0.2) is 0 Å². The third-order valence-electron chi connectivity index (χ3n) is 2.80. The fourth-order valence-electron chi connectivity index (χ4n) is 1.42. The van der Waals surface area contributed by atoms with Crippen molar-refractivity contribution in [2.75, 3.05) is 27.8 Å². The fourth-order valence-corrected chi connectivity index (χ4v) is 2.86. The predicted molar refractivity (Wildman–Crippen MR) is 75.9 cm³/mol. The Morgan fingerprint density at radius 2 is 2.00 bits per heavy atom. The average molecular weight is 292 g/mol. The Hall–Kier alpha value is -0.950. The number of rotatable bonds is 7. The standard InChI is InChI=1S/C12H24N2O4S/c1-7-9(2)19-12(3,8-13-11(16)17-5)10(15)14(4)18-6/h9H,7-8H2,1-6H3,(H,13,16)/t9?,12-/m0/s1. The van der Waals surface area contributed by atoms with Crippen LogP contribution >= 0.6 is 11.8 Å². The third-order valence-corrected chi connectivity index (χ3v) is 4.38. The van der Waals surface area contributed by atoms with Crippen molar-refractivity contribution in [3.8, 4) is 0 Å². The molecule has 2 amide bonds. The van der Waals surface area contributed by atoms with E-state index in [0.717, 1.165) is 6.42 Å². The number of thioether (sulfide) groups is 1. The smallest absolute Gasteiger partial charge is 0.406 e. The van der Waals surface area contributed by atoms with Crippen LogP contribution in [0.5, 0.6) is 0 Å². The Kier molecular flexibility index (Phi) is 7.85. The number of nitrogens with zero attached hydrogens (tertiary/aromatic N) is 1. The first-order chi connectivity index (χ1) is 8.80. The van der Waals surface area contributed by atoms with Crippen molar-refractivity contribution in [3.05, 3.63) is 0 Å². The minimum Gasteiger partial charge on any atom is -0.453 e. The lowest BCUT2D eigenvalue weighted by Crippen LogP contribution is -2.50. The molecule has 0 rings (SSSR count). The van der Waals surface area contributed by atoms with Gasteiger partial charge < -0.3 is 10.1 Å². The topological polar surface area (TPSA) is 67.9 Å². The molecular weight excluding hydrogens is 268 g/mol. The van der Waals surface area contributed by atoms with E-state index in [4.69, 9.17) is 4.84 Å². The number of hydrogen-bond donors (Lipinski definition) is 1. The summed E-state index contributed by atoms with van der Waals surface area (Å²) in [5.41, 5.74) is 0. The van der Waals surface area contributed by atoms with Crippen molar-refractivity contribution in [3.63, 3.8) is 0 Å². The molecule has 0 aromatic rings. The number of alkyl carbamates (subject to hydrolysis) is 1. The van der Waals surface area contributed by atoms with Gasteiger partial charge in [-0.1, -0.05) is 13.8 Å². The highest BCUT2D eigenvalue weighted by Crippen LogP contribution is 2.32. The first kappa shape index (κ1) is 18.0. The van der Waals surface area contributed by atoms with Crippen molar-refractivity contribution in [1.29, 1.82) is 0 Å². The largest absolute Gasteiger partial charge is 0.453 e. The summed E-state index contributed by atoms with van der Waals surface area (Å²) in [6.07, 6.45) is 0.381. The number of hydrogen-bond acceptors (Lipinski definition) is 5. The minimum atomic E-state index is -0.797. The molecule has 0 bridgehead atoms. The summed E-state index contributed by atoms with van der Waals surface area (Å²) in [5.74, 6) is -0.197. The second-order valence-electron chi connectivity index (χ2n) is 4.40. The Bertz CT molecular complexity index is 314. The number of carbonyl (C=O) groups is 2. The molecule has 1 N–H and O–H groups in total. The second-order valence-corrected chi connectivity index (χ2v) is 6.34. The molecule has 0 radical (unpaired) electrons. The molecule has 0 aliphatic heterocycles. The zero-order valence-corrected chi connectivity index (χ0v) is 13.3. The lowest BCUT2D eigenvalue weighted by Gasteiger charge is -2.32. The highest BCUT2D eigenvalue weighted by molar-refractivity contribution is 8.02. The molecular formula is C12H24N2O4S. The van der Waals surface area contributed by atoms with Gasteiger partial charge in [0.05, 0.1) is 14.2 Å². The third kappa shape index (κ3) is 5.69. The number of nitrogens with one attached hydrogen (secondary N) is 1. The van der Waals surface area contributed by atoms with Crippen LogP contribution in [0, 0.1) is 0 Å². The van der Waals surface area contributed by atoms with Crippen LogP contribution in [0.25, 0.3) is 0 Å². The number of methoxy groups -OCH3 is 1. The molecule has 2 atom stereocenters. The fraction of sp³-hybridized carbons (Fsp3) is 0.833. The van der Waals surface area contributed by atoms with E-state index in [1.54, 1.807) is 14.0 Å². The van der Waals surface area contributed by atoms with Crippen LogP contribution < -0.4 is 5.32 Å². The lowest BCUT2D eigenvalue weighted by molar-refractivity contribution is -0.170. The monoisotopic (exact) mass is 292 g/mol. The lowest BCUT2D eigenvalue weighted by atomic mass is 10.1. The summed E-state index contributed by atoms with van der Waals surface area (Å²) >= 11 is 1.51. The quantitative estimate of drug-likeness (QED) is 0.723. The average Bonchev–Trinajstić information content (AvgIpc) is 2.42. The number of carbonyl (C=O) groups excluding carboxylic acids is 2. The molecule has 6 nitrogen and oxygen atoms in total. The summed E-state index contributed by atoms with van der Waals surface area (Å²) in [6.45, 7) is 6.07. The van der Waals surface area contributed by atoms with Crippen molar-refractivity contribution in [2.45, 2.75) is 37.2 Å². The maximum atomic E-state index is 12.3. The van der Waals surface area contributed by atoms with E-state index in [1.165, 1.54) is 31.0 Å². The maximum absolute atomic E-state index is 12.3. The number of ether oxygens (including phenoxy) is 1. The van der Waals surface area contributed by atoms with Crippen LogP contribution in [0.2, 0.25) is 0 Å². The molecule has 0 aromatic carbocycles. The van der Waals surface area contributed by atoms with Crippen molar-refractivity contribution in [2.24, 2.45) is 0 Å². The van der Waals surface area contributed by atoms with Gasteiger partial charge in [0.2, 0.25) is 0 Å². The first-order valence-corrected chi connectivity index (χ1v) is 7.00. The van der Waals surface area contributed by atoms with Crippen LogP contribution in [0.1, 0.15) is 27.2 Å². The van der Waals surface area contributed by atoms with Gasteiger partial charge in [0.1, 0.15) is 4.75 Å². The normalized spacial score (nSPS) is 15.3. The van der Waals surface area contributed by atoms with Gasteiger partial charge in [-0.25, -0.2) is 9.86 Å². The Balaban J connectivity index is 4.89. The molecule has 0 saturated heterocycles. The zero-order valence-electron chi connectivity index (χ0n) is 12.5. The molecule has 0 spiro atoms. The highest BCUT2D eigenvalue weighted by atomic mass is 32.2. The minimum absolute atomic E-state index is 0.182. The molecule has 7 heteroatoms. The molecule has 19 heavy (non-hydrogen) atoms. The Morgan fingerprint density at radius 1 is 1.42 bits per heavy atom. The molecule has 112 valence electrons. The Labute approximate surface area is 119 Å². The zero-order chi connectivity index (χ0) is 15.1. The second kappa shape index (κ2) is 8.27. The van der Waals surface area contributed by atoms with Gasteiger partial charge in [-0.2, -0.15) is 0 Å². The van der Waals surface area contributed by atoms with Crippen LogP contribution in [-0.2, 0) is 14.4 Å². The van der Waals surface area contributed by atoms with Crippen LogP contribution in [0.3, 0.4) is 0 Å². The highest BCUT2D eigenvalue weighted by Gasteiger charge is 2.38. The number of hydroxylamine groups is 2. The summed E-state index contributed by atoms with van der Waals surface area (Å²) in [5, 5.41) is 4.04. The number of amides is 2. The van der Waals surface area contributed by atoms with E-state index in [9.17, 15) is 9.59 Å². The van der Waals surface area contributed by atoms with E-state index in [-0.39, 0.29) is 12.5 Å². The molecule has 0 heterocycles. The van der Waals surface area contributed by atoms with E-state index in [0.29, 0.717) is 5.25 Å². The van der Waals surface area contributed by atoms with E-state index < -0.39 is 10.8 Å². The SMILES string of the molecule is CCC(C)S[C@@](C)(CNC(=O)OC)C(=O)N(C)OC. The summed E-state index contributed by atoms with van der Waals surface area (Å²) < 4.78 is 3.73. The van der Waals surface area contributed by atoms with E-state index >= 15 is 0 Å². The van der Waals surface area contributed by atoms with Crippen LogP contribution in [0.4, 0.5) is 4.79 Å². The van der Waals surface area contributed by atoms with Crippen molar-refractivity contribution in [1.82, 2.24) is 10.4 Å². The van der Waals surface area contributed by atoms with E-state index in [1.807, 2.05) is 6.92 Å². The van der Waals surface area contributed by atoms with E-state index in [2.05, 4.69) is 17.0 Å².